The van der Waals surface area contributed by atoms with Crippen LogP contribution in [0.5, 0.6) is 0 Å². The van der Waals surface area contributed by atoms with Gasteiger partial charge in [0.25, 0.3) is 0 Å². The zero-order valence-electron chi connectivity index (χ0n) is 16.7. The monoisotopic (exact) mass is 344 g/mol. The highest BCUT2D eigenvalue weighted by atomic mass is 15.2. The van der Waals surface area contributed by atoms with E-state index in [0.29, 0.717) is 17.9 Å². The Balaban J connectivity index is 1.76. The highest BCUT2D eigenvalue weighted by Crippen LogP contribution is 2.18. The van der Waals surface area contributed by atoms with Crippen molar-refractivity contribution in [2.24, 2.45) is 10.9 Å². The summed E-state index contributed by atoms with van der Waals surface area (Å²) in [6.45, 7) is 13.3. The van der Waals surface area contributed by atoms with E-state index in [1.165, 1.54) is 37.1 Å². The number of aryl methyl sites for hydroxylation is 1. The molecule has 2 atom stereocenters. The molecule has 2 N–H and O–H groups in total. The summed E-state index contributed by atoms with van der Waals surface area (Å²) in [6, 6.07) is 9.46. The maximum absolute atomic E-state index is 4.39. The second-order valence-corrected chi connectivity index (χ2v) is 7.74. The van der Waals surface area contributed by atoms with Crippen LogP contribution < -0.4 is 10.6 Å². The largest absolute Gasteiger partial charge is 0.356 e. The van der Waals surface area contributed by atoms with E-state index in [1.54, 1.807) is 0 Å². The summed E-state index contributed by atoms with van der Waals surface area (Å²) in [7, 11) is 1.85. The summed E-state index contributed by atoms with van der Waals surface area (Å²) in [5.74, 6) is 2.09. The molecule has 2 unspecified atom stereocenters. The first-order valence-electron chi connectivity index (χ1n) is 9.74. The molecule has 1 heterocycles. The number of guanidine groups is 1. The van der Waals surface area contributed by atoms with Gasteiger partial charge in [0.05, 0.1) is 0 Å². The van der Waals surface area contributed by atoms with Crippen molar-refractivity contribution in [2.45, 2.75) is 52.5 Å². The lowest BCUT2D eigenvalue weighted by atomic mass is 9.97. The van der Waals surface area contributed by atoms with Crippen LogP contribution in [0.3, 0.4) is 0 Å². The molecule has 25 heavy (non-hydrogen) atoms. The molecule has 1 aromatic carbocycles. The minimum Gasteiger partial charge on any atom is -0.356 e. The van der Waals surface area contributed by atoms with Crippen molar-refractivity contribution in [3.05, 3.63) is 35.4 Å². The maximum Gasteiger partial charge on any atom is 0.191 e. The zero-order chi connectivity index (χ0) is 18.2. The Morgan fingerprint density at radius 1 is 1.20 bits per heavy atom. The third-order valence-corrected chi connectivity index (χ3v) is 5.28. The van der Waals surface area contributed by atoms with Crippen LogP contribution in [-0.4, -0.2) is 50.1 Å². The van der Waals surface area contributed by atoms with E-state index in [-0.39, 0.29) is 0 Å². The van der Waals surface area contributed by atoms with Gasteiger partial charge < -0.3 is 15.5 Å². The zero-order valence-corrected chi connectivity index (χ0v) is 16.7. The van der Waals surface area contributed by atoms with Gasteiger partial charge in [0, 0.05) is 32.7 Å². The van der Waals surface area contributed by atoms with Crippen LogP contribution in [0.15, 0.2) is 29.3 Å². The summed E-state index contributed by atoms with van der Waals surface area (Å²) < 4.78 is 0. The standard InChI is InChI=1S/C21H36N4/c1-16(2)25-12-6-7-19(15-25)14-24-21(22-5)23-13-18(4)20-10-8-17(3)9-11-20/h8-11,16,18-19H,6-7,12-15H2,1-5H3,(H2,22,23,24). The molecule has 0 spiro atoms. The van der Waals surface area contributed by atoms with Gasteiger partial charge in [-0.1, -0.05) is 36.8 Å². The predicted octanol–water partition coefficient (Wildman–Crippen LogP) is 3.38. The van der Waals surface area contributed by atoms with Gasteiger partial charge in [0.15, 0.2) is 5.96 Å². The lowest BCUT2D eigenvalue weighted by molar-refractivity contribution is 0.141. The van der Waals surface area contributed by atoms with Crippen molar-refractivity contribution in [3.8, 4) is 0 Å². The predicted molar refractivity (Wildman–Crippen MR) is 108 cm³/mol. The number of aliphatic imine (C=N–C) groups is 1. The lowest BCUT2D eigenvalue weighted by Crippen LogP contribution is -2.46. The third kappa shape index (κ3) is 6.35. The Kier molecular flexibility index (Phi) is 7.76. The molecular weight excluding hydrogens is 308 g/mol. The van der Waals surface area contributed by atoms with E-state index in [4.69, 9.17) is 0 Å². The molecular formula is C21H36N4. The summed E-state index contributed by atoms with van der Waals surface area (Å²) in [4.78, 5) is 6.98. The molecule has 4 heteroatoms. The molecule has 1 aliphatic heterocycles. The van der Waals surface area contributed by atoms with Gasteiger partial charge in [-0.2, -0.15) is 0 Å². The fourth-order valence-electron chi connectivity index (χ4n) is 3.46. The number of likely N-dealkylation sites (tertiary alicyclic amines) is 1. The van der Waals surface area contributed by atoms with Gasteiger partial charge in [-0.15, -0.1) is 0 Å². The Morgan fingerprint density at radius 3 is 2.56 bits per heavy atom. The Hall–Kier alpha value is -1.55. The quantitative estimate of drug-likeness (QED) is 0.614. The maximum atomic E-state index is 4.39. The van der Waals surface area contributed by atoms with Gasteiger partial charge in [0.1, 0.15) is 0 Å². The van der Waals surface area contributed by atoms with Crippen molar-refractivity contribution in [2.75, 3.05) is 33.2 Å². The van der Waals surface area contributed by atoms with Crippen molar-refractivity contribution >= 4 is 5.96 Å². The third-order valence-electron chi connectivity index (χ3n) is 5.28. The highest BCUT2D eigenvalue weighted by molar-refractivity contribution is 5.79. The number of piperidine rings is 1. The van der Waals surface area contributed by atoms with Crippen LogP contribution in [0.25, 0.3) is 0 Å². The molecule has 0 aromatic heterocycles. The first-order valence-corrected chi connectivity index (χ1v) is 9.74. The van der Waals surface area contributed by atoms with E-state index in [2.05, 4.69) is 72.5 Å². The van der Waals surface area contributed by atoms with Gasteiger partial charge in [-0.05, 0) is 57.6 Å². The topological polar surface area (TPSA) is 39.7 Å². The van der Waals surface area contributed by atoms with Crippen molar-refractivity contribution in [1.29, 1.82) is 0 Å². The number of nitrogens with zero attached hydrogens (tertiary/aromatic N) is 2. The second-order valence-electron chi connectivity index (χ2n) is 7.74. The van der Waals surface area contributed by atoms with Gasteiger partial charge in [0.2, 0.25) is 0 Å². The van der Waals surface area contributed by atoms with E-state index in [9.17, 15) is 0 Å². The molecule has 0 radical (unpaired) electrons. The van der Waals surface area contributed by atoms with E-state index < -0.39 is 0 Å². The smallest absolute Gasteiger partial charge is 0.191 e. The van der Waals surface area contributed by atoms with E-state index in [0.717, 1.165) is 19.0 Å². The van der Waals surface area contributed by atoms with Crippen molar-refractivity contribution in [1.82, 2.24) is 15.5 Å². The normalized spacial score (nSPS) is 20.6. The molecule has 0 aliphatic carbocycles. The summed E-state index contributed by atoms with van der Waals surface area (Å²) in [5.41, 5.74) is 2.68. The van der Waals surface area contributed by atoms with Crippen molar-refractivity contribution < 1.29 is 0 Å². The fraction of sp³-hybridized carbons (Fsp3) is 0.667. The molecule has 2 rings (SSSR count). The molecule has 1 aliphatic rings. The molecule has 4 nitrogen and oxygen atoms in total. The average Bonchev–Trinajstić information content (AvgIpc) is 2.62. The molecule has 140 valence electrons. The first kappa shape index (κ1) is 19.8. The van der Waals surface area contributed by atoms with Gasteiger partial charge in [-0.25, -0.2) is 0 Å². The van der Waals surface area contributed by atoms with Gasteiger partial charge in [-0.3, -0.25) is 4.99 Å². The van der Waals surface area contributed by atoms with Crippen LogP contribution >= 0.6 is 0 Å². The van der Waals surface area contributed by atoms with E-state index in [1.807, 2.05) is 7.05 Å². The molecule has 0 bridgehead atoms. The summed E-state index contributed by atoms with van der Waals surface area (Å²) in [6.07, 6.45) is 2.62. The number of benzene rings is 1. The van der Waals surface area contributed by atoms with Crippen molar-refractivity contribution in [3.63, 3.8) is 0 Å². The van der Waals surface area contributed by atoms with E-state index >= 15 is 0 Å². The van der Waals surface area contributed by atoms with Crippen LogP contribution in [0.4, 0.5) is 0 Å². The molecule has 1 fully saturated rings. The van der Waals surface area contributed by atoms with Gasteiger partial charge >= 0.3 is 0 Å². The van der Waals surface area contributed by atoms with Crippen LogP contribution in [-0.2, 0) is 0 Å². The average molecular weight is 345 g/mol. The molecule has 0 saturated carbocycles. The number of rotatable bonds is 6. The summed E-state index contributed by atoms with van der Waals surface area (Å²) >= 11 is 0. The molecule has 1 aromatic rings. The lowest BCUT2D eigenvalue weighted by Gasteiger charge is -2.35. The second kappa shape index (κ2) is 9.81. The Bertz CT molecular complexity index is 535. The minimum absolute atomic E-state index is 0.463. The Morgan fingerprint density at radius 2 is 1.92 bits per heavy atom. The Labute approximate surface area is 154 Å². The fourth-order valence-corrected chi connectivity index (χ4v) is 3.46. The van der Waals surface area contributed by atoms with Crippen LogP contribution in [0, 0.1) is 12.8 Å². The number of hydrogen-bond acceptors (Lipinski definition) is 2. The SMILES string of the molecule is CN=C(NCC1CCCN(C(C)C)C1)NCC(C)c1ccc(C)cc1. The van der Waals surface area contributed by atoms with Crippen LogP contribution in [0.1, 0.15) is 50.7 Å². The molecule has 1 saturated heterocycles. The first-order chi connectivity index (χ1) is 12.0. The molecule has 0 amide bonds. The number of hydrogen-bond donors (Lipinski definition) is 2. The number of nitrogens with one attached hydrogen (secondary N) is 2. The minimum atomic E-state index is 0.463. The summed E-state index contributed by atoms with van der Waals surface area (Å²) in [5, 5.41) is 7.01. The highest BCUT2D eigenvalue weighted by Gasteiger charge is 2.21. The van der Waals surface area contributed by atoms with Crippen LogP contribution in [0.2, 0.25) is 0 Å².